The highest BCUT2D eigenvalue weighted by Gasteiger charge is 2.67. The molecule has 11 rings (SSSR count). The number of rotatable bonds is 49. The third kappa shape index (κ3) is 42.1. The Morgan fingerprint density at radius 2 is 0.422 bits per heavy atom. The standard InChI is InChI=1S/C54H42N2.H93P91/c1-53(2)44-27-10-5-21-38(44)42-25-16-32-49(51(42)53)55(50-33-17-26-43-39-22-6-11-28-45(39)54(3,4)52(43)50)36-19-15-18-35(34-36)37-20-7-12-29-46(37)56-47-30-13-8-23-40(47)41-24-9-14-31-48(41)56;1-47-70(46)82(71(48(2)3)49(4)5)88(83(72(50(6)7)51(8)9)73(52(10)11)53(12)13)91(89(84(74(54(14)15)55(16)17)75(56(18)19)57(20)21)85(76(58(22)23)59(24)25)77(60(26)27)61(28)29)90(86(78(62(30)31)63(32)33)79(64(34)35)65(36)37)87(80(66(38)39)67(40)41)81(68(42)43)69(44)45/h5-34H,1-4H3;47H,1-46H2. The minimum Gasteiger partial charge on any atom is -0.310 e. The zero-order chi connectivity index (χ0) is 110. The van der Waals surface area contributed by atoms with Gasteiger partial charge in [-0.25, -0.2) is 0 Å². The first-order valence-corrected chi connectivity index (χ1v) is 206. The van der Waals surface area contributed by atoms with Crippen LogP contribution in [0.25, 0.3) is 60.9 Å². The first-order valence-electron chi connectivity index (χ1n) is 40.5. The van der Waals surface area contributed by atoms with Crippen LogP contribution >= 0.6 is 726 Å². The van der Waals surface area contributed by atoms with Gasteiger partial charge in [0.1, 0.15) is 0 Å². The molecule has 0 saturated carbocycles. The number of nitrogens with zero attached hydrogens (tertiary/aromatic N) is 2. The lowest BCUT2D eigenvalue weighted by molar-refractivity contribution is 0.656. The van der Waals surface area contributed by atoms with Crippen LogP contribution in [0.15, 0.2) is 182 Å². The van der Waals surface area contributed by atoms with Crippen molar-refractivity contribution in [3.8, 4) is 39.1 Å². The molecule has 1 heterocycles. The summed E-state index contributed by atoms with van der Waals surface area (Å²) in [4.78, 5) is 2.57. The van der Waals surface area contributed by atoms with Gasteiger partial charge in [-0.2, -0.15) is 0 Å². The average molecular weight is 3630 g/mol. The van der Waals surface area contributed by atoms with E-state index < -0.39 is 182 Å². The topological polar surface area (TPSA) is 8.17 Å². The second-order valence-corrected chi connectivity index (χ2v) is 407. The molecule has 0 radical (unpaired) electrons. The van der Waals surface area contributed by atoms with E-state index in [1.165, 1.54) is 94.5 Å². The first-order chi connectivity index (χ1) is 68.8. The van der Waals surface area contributed by atoms with Crippen molar-refractivity contribution in [3.05, 3.63) is 204 Å². The third-order valence-electron chi connectivity index (χ3n) is 20.8. The van der Waals surface area contributed by atoms with Crippen LogP contribution in [-0.2, 0) is 10.8 Å². The van der Waals surface area contributed by atoms with E-state index in [1.54, 1.807) is 0 Å². The molecule has 9 aromatic rings. The van der Waals surface area contributed by atoms with Crippen molar-refractivity contribution >= 4 is 765 Å². The van der Waals surface area contributed by atoms with Crippen LogP contribution in [0, 0.1) is 0 Å². The summed E-state index contributed by atoms with van der Waals surface area (Å²) in [5, 5.41) is 2.53. The summed E-state index contributed by atoms with van der Waals surface area (Å²) < 4.78 is 2.44. The lowest BCUT2D eigenvalue weighted by Crippen LogP contribution is -2.24. The number of hydrogen-bond donors (Lipinski definition) is 0. The maximum absolute atomic E-state index is 4.00. The normalized spacial score (nSPS) is 15.2. The van der Waals surface area contributed by atoms with Gasteiger partial charge >= 0.3 is 0 Å². The van der Waals surface area contributed by atoms with Crippen LogP contribution in [0.4, 0.5) is 17.1 Å². The van der Waals surface area contributed by atoms with Crippen LogP contribution in [-0.4, -0.2) is 4.57 Å². The quantitative estimate of drug-likeness (QED) is 0.0345. The minimum absolute atomic E-state index is 0.196. The summed E-state index contributed by atoms with van der Waals surface area (Å²) in [6.45, 7) is -8.07. The number of aromatic nitrogens is 1. The molecule has 50 atom stereocenters. The van der Waals surface area contributed by atoms with Crippen molar-refractivity contribution in [3.63, 3.8) is 0 Å². The average Bonchev–Trinajstić information content (AvgIpc) is 1.68. The molecule has 8 aromatic carbocycles. The largest absolute Gasteiger partial charge is 0.310 e. The van der Waals surface area contributed by atoms with Gasteiger partial charge in [0.2, 0.25) is 0 Å². The predicted octanol–water partition coefficient (Wildman–Crippen LogP) is 68.0. The molecule has 0 spiro atoms. The predicted molar refractivity (Wildman–Crippen MR) is 995 cm³/mol. The van der Waals surface area contributed by atoms with E-state index in [0.29, 0.717) is 0 Å². The SMILES string of the molecule is CC1(C)c2ccccc2-c2cccc(N(c3cccc(-c4ccccc4-n4c5ccccc5c5ccccc54)c3)c3cccc4c3C(C)(C)c3ccccc3-4)c21.PPP(P)P(P(P(P)P)P(P)P)P(P(P(P(P)P)P(P)P)P(P(P)P)P(P)P)P(P(P(P(P(P)P)P(P)P)P(P(P)P)P(P)P)P(P(P(P)P)P(P)P)P(P(P)P)P(P)P)P(P(P(P(P)P)P(P)P)P(P(P)P)P(P)P)P(P(P(P)P)P(P)P)P(P(P)P)P(P)P. The van der Waals surface area contributed by atoms with Gasteiger partial charge in [-0.3, -0.25) is 0 Å². The van der Waals surface area contributed by atoms with Crippen LogP contribution < -0.4 is 4.90 Å². The Morgan fingerprint density at radius 1 is 0.211 bits per heavy atom. The van der Waals surface area contributed by atoms with E-state index in [0.717, 1.165) is 13.6 Å². The Hall–Kier alpha value is 32.5. The van der Waals surface area contributed by atoms with E-state index in [1.807, 2.05) is 0 Å². The molecule has 0 saturated heterocycles. The monoisotopic (exact) mass is 3630 g/mol. The molecular weight excluding hydrogens is 3500 g/mol. The van der Waals surface area contributed by atoms with E-state index in [2.05, 4.69) is 630 Å². The van der Waals surface area contributed by atoms with Gasteiger partial charge in [0, 0.05) is 32.9 Å². The van der Waals surface area contributed by atoms with Crippen LogP contribution in [0.5, 0.6) is 0 Å². The first kappa shape index (κ1) is 161. The van der Waals surface area contributed by atoms with E-state index in [4.69, 9.17) is 0 Å². The zero-order valence-corrected chi connectivity index (χ0v) is 172. The Morgan fingerprint density at radius 3 is 0.687 bits per heavy atom. The molecule has 0 amide bonds. The van der Waals surface area contributed by atoms with Crippen molar-refractivity contribution in [1.29, 1.82) is 0 Å². The molecule has 2 aliphatic rings. The molecule has 816 valence electrons. The molecular formula is C54H135N2P91. The molecule has 147 heavy (non-hydrogen) atoms. The summed E-state index contributed by atoms with van der Waals surface area (Å²) in [6, 6.07) is 67.5. The molecule has 0 N–H and O–H groups in total. The number of para-hydroxylation sites is 3. The Bertz CT molecular complexity index is 5150. The molecule has 0 fully saturated rings. The summed E-state index contributed by atoms with van der Waals surface area (Å²) >= 11 is 0. The second-order valence-electron chi connectivity index (χ2n) is 31.0. The van der Waals surface area contributed by atoms with Crippen molar-refractivity contribution < 1.29 is 0 Å². The third-order valence-corrected chi connectivity index (χ3v) is 666. The molecule has 2 aliphatic carbocycles. The highest BCUT2D eigenvalue weighted by atomic mass is 33.6. The summed E-state index contributed by atoms with van der Waals surface area (Å²) in [6.07, 6.45) is 0. The Labute approximate surface area is 1040 Å². The minimum atomic E-state index is -0.563. The Balaban J connectivity index is 0.000000331. The van der Waals surface area contributed by atoms with Crippen LogP contribution in [0.3, 0.4) is 0 Å². The van der Waals surface area contributed by atoms with Gasteiger partial charge < -0.3 is 9.47 Å². The molecule has 50 unspecified atom stereocenters. The van der Waals surface area contributed by atoms with Gasteiger partial charge in [-0.1, -0.05) is 175 Å². The fraction of sp³-hybridized carbons (Fsp3) is 0.111. The van der Waals surface area contributed by atoms with E-state index in [9.17, 15) is 0 Å². The maximum Gasteiger partial charge on any atom is 0.0541 e. The molecule has 0 aliphatic heterocycles. The van der Waals surface area contributed by atoms with Gasteiger partial charge in [0.25, 0.3) is 0 Å². The molecule has 1 aromatic heterocycles. The zero-order valence-electron chi connectivity index (χ0n) is 79.0. The highest BCUT2D eigenvalue weighted by molar-refractivity contribution is 9.59. The van der Waals surface area contributed by atoms with Gasteiger partial charge in [-0.05, 0) is 400 Å². The lowest BCUT2D eigenvalue weighted by Gasteiger charge is -2.63. The van der Waals surface area contributed by atoms with Crippen molar-refractivity contribution in [1.82, 2.24) is 4.57 Å². The second kappa shape index (κ2) is 78.6. The Kier molecular flexibility index (Phi) is 86.0. The summed E-state index contributed by atoms with van der Waals surface area (Å²) in [5.41, 5.74) is 19.9. The number of benzene rings is 8. The lowest BCUT2D eigenvalue weighted by atomic mass is 9.80. The summed E-state index contributed by atoms with van der Waals surface area (Å²) in [5.74, 6) is 0. The van der Waals surface area contributed by atoms with E-state index >= 15 is 0 Å². The number of fused-ring (bicyclic) bond motifs is 9. The molecule has 2 nitrogen and oxygen atoms in total. The van der Waals surface area contributed by atoms with Gasteiger partial charge in [-0.15, -0.1) is 411 Å². The van der Waals surface area contributed by atoms with Crippen molar-refractivity contribution in [2.45, 2.75) is 38.5 Å². The smallest absolute Gasteiger partial charge is 0.0541 e. The fourth-order valence-electron chi connectivity index (χ4n) is 15.9. The highest BCUT2D eigenvalue weighted by Crippen LogP contribution is 3.54. The maximum atomic E-state index is 4.00. The fourth-order valence-corrected chi connectivity index (χ4v) is 1360. The van der Waals surface area contributed by atoms with Gasteiger partial charge in [0.05, 0.1) is 28.1 Å². The molecule has 93 heteroatoms. The number of anilines is 3. The van der Waals surface area contributed by atoms with E-state index in [-0.39, 0.29) is 137 Å². The van der Waals surface area contributed by atoms with Gasteiger partial charge in [0.15, 0.2) is 0 Å². The van der Waals surface area contributed by atoms with Crippen LogP contribution in [0.2, 0.25) is 0 Å². The van der Waals surface area contributed by atoms with Crippen LogP contribution in [0.1, 0.15) is 49.9 Å². The van der Waals surface area contributed by atoms with Crippen molar-refractivity contribution in [2.24, 2.45) is 0 Å². The summed E-state index contributed by atoms with van der Waals surface area (Å²) in [7, 11) is 174. The molecule has 0 bridgehead atoms. The number of hydrogen-bond acceptors (Lipinski definition) is 1. The van der Waals surface area contributed by atoms with Crippen molar-refractivity contribution in [2.75, 3.05) is 4.90 Å².